The van der Waals surface area contributed by atoms with Gasteiger partial charge in [0, 0.05) is 16.2 Å². The van der Waals surface area contributed by atoms with Crippen LogP contribution in [0.1, 0.15) is 11.1 Å². The first-order valence-corrected chi connectivity index (χ1v) is 6.22. The number of fused-ring (bicyclic) bond motifs is 1. The lowest BCUT2D eigenvalue weighted by atomic mass is 10.1. The topological polar surface area (TPSA) is 58.5 Å². The van der Waals surface area contributed by atoms with Crippen LogP contribution in [0.15, 0.2) is 28.2 Å². The first-order chi connectivity index (χ1) is 6.57. The summed E-state index contributed by atoms with van der Waals surface area (Å²) >= 11 is 0. The molecule has 0 amide bonds. The standard InChI is InChI=1S/C8H7ClN2O2S/c9-14(12,13)8-2-1-6-4-10-11-5-7(6)3-8/h1-3,5,10H,4H2. The predicted molar refractivity (Wildman–Crippen MR) is 53.9 cm³/mol. The largest absolute Gasteiger partial charge is 0.306 e. The van der Waals surface area contributed by atoms with E-state index in [2.05, 4.69) is 10.5 Å². The van der Waals surface area contributed by atoms with Crippen LogP contribution in [0.5, 0.6) is 0 Å². The van der Waals surface area contributed by atoms with Crippen LogP contribution in [0.25, 0.3) is 0 Å². The van der Waals surface area contributed by atoms with Crippen LogP contribution in [0.2, 0.25) is 0 Å². The van der Waals surface area contributed by atoms with E-state index in [1.54, 1.807) is 12.3 Å². The number of hydrogen-bond acceptors (Lipinski definition) is 4. The molecule has 0 spiro atoms. The summed E-state index contributed by atoms with van der Waals surface area (Å²) in [6, 6.07) is 4.73. The first kappa shape index (κ1) is 9.48. The lowest BCUT2D eigenvalue weighted by molar-refractivity contribution is 0.609. The van der Waals surface area contributed by atoms with Crippen LogP contribution in [-0.2, 0) is 15.6 Å². The number of halogens is 1. The van der Waals surface area contributed by atoms with E-state index in [-0.39, 0.29) is 4.90 Å². The second-order valence-corrected chi connectivity index (χ2v) is 5.46. The fraction of sp³-hybridized carbons (Fsp3) is 0.125. The molecule has 1 heterocycles. The van der Waals surface area contributed by atoms with Gasteiger partial charge in [0.25, 0.3) is 9.05 Å². The zero-order valence-corrected chi connectivity index (χ0v) is 8.64. The molecule has 1 aliphatic heterocycles. The number of rotatable bonds is 1. The van der Waals surface area contributed by atoms with Gasteiger partial charge >= 0.3 is 0 Å². The van der Waals surface area contributed by atoms with Gasteiger partial charge in [0.15, 0.2) is 0 Å². The number of nitrogens with one attached hydrogen (secondary N) is 1. The molecule has 1 aromatic rings. The van der Waals surface area contributed by atoms with E-state index in [9.17, 15) is 8.42 Å². The quantitative estimate of drug-likeness (QED) is 0.734. The molecule has 74 valence electrons. The van der Waals surface area contributed by atoms with Crippen molar-refractivity contribution >= 4 is 25.9 Å². The van der Waals surface area contributed by atoms with Gasteiger partial charge in [0.05, 0.1) is 17.7 Å². The molecule has 0 saturated carbocycles. The van der Waals surface area contributed by atoms with Crippen molar-refractivity contribution in [3.63, 3.8) is 0 Å². The maximum absolute atomic E-state index is 11.0. The van der Waals surface area contributed by atoms with Crippen molar-refractivity contribution in [3.8, 4) is 0 Å². The fourth-order valence-corrected chi connectivity index (χ4v) is 2.04. The summed E-state index contributed by atoms with van der Waals surface area (Å²) in [6.07, 6.45) is 1.57. The van der Waals surface area contributed by atoms with Gasteiger partial charge in [-0.2, -0.15) is 5.10 Å². The summed E-state index contributed by atoms with van der Waals surface area (Å²) in [5.41, 5.74) is 4.57. The van der Waals surface area contributed by atoms with E-state index in [1.165, 1.54) is 12.1 Å². The van der Waals surface area contributed by atoms with Crippen LogP contribution in [0, 0.1) is 0 Å². The van der Waals surface area contributed by atoms with Crippen molar-refractivity contribution in [2.45, 2.75) is 11.4 Å². The first-order valence-electron chi connectivity index (χ1n) is 3.91. The zero-order valence-electron chi connectivity index (χ0n) is 7.07. The van der Waals surface area contributed by atoms with E-state index < -0.39 is 9.05 Å². The number of hydrogen-bond donors (Lipinski definition) is 1. The Labute approximate surface area is 86.0 Å². The van der Waals surface area contributed by atoms with Gasteiger partial charge in [0.1, 0.15) is 0 Å². The summed E-state index contributed by atoms with van der Waals surface area (Å²) in [4.78, 5) is 0.103. The molecule has 0 aliphatic carbocycles. The number of nitrogens with zero attached hydrogens (tertiary/aromatic N) is 1. The lowest BCUT2D eigenvalue weighted by Gasteiger charge is -2.11. The molecule has 0 radical (unpaired) electrons. The molecule has 0 fully saturated rings. The molecule has 2 rings (SSSR count). The van der Waals surface area contributed by atoms with Crippen molar-refractivity contribution in [1.29, 1.82) is 0 Å². The highest BCUT2D eigenvalue weighted by Crippen LogP contribution is 2.19. The Balaban J connectivity index is 2.56. The van der Waals surface area contributed by atoms with Crippen molar-refractivity contribution in [3.05, 3.63) is 29.3 Å². The summed E-state index contributed by atoms with van der Waals surface area (Å²) in [5.74, 6) is 0. The molecule has 0 unspecified atom stereocenters. The molecule has 6 heteroatoms. The fourth-order valence-electron chi connectivity index (χ4n) is 1.25. The highest BCUT2D eigenvalue weighted by molar-refractivity contribution is 8.13. The third kappa shape index (κ3) is 1.73. The second-order valence-electron chi connectivity index (χ2n) is 2.89. The minimum atomic E-state index is -3.65. The summed E-state index contributed by atoms with van der Waals surface area (Å²) < 4.78 is 22.0. The monoisotopic (exact) mass is 230 g/mol. The zero-order chi connectivity index (χ0) is 10.2. The van der Waals surface area contributed by atoms with Crippen LogP contribution in [0.4, 0.5) is 0 Å². The molecular formula is C8H7ClN2O2S. The number of hydrazone groups is 1. The summed E-state index contributed by atoms with van der Waals surface area (Å²) in [5, 5.41) is 3.83. The van der Waals surface area contributed by atoms with E-state index >= 15 is 0 Å². The van der Waals surface area contributed by atoms with Crippen LogP contribution in [-0.4, -0.2) is 14.6 Å². The minimum Gasteiger partial charge on any atom is -0.306 e. The van der Waals surface area contributed by atoms with Gasteiger partial charge < -0.3 is 5.43 Å². The highest BCUT2D eigenvalue weighted by atomic mass is 35.7. The Kier molecular flexibility index (Phi) is 2.20. The Morgan fingerprint density at radius 3 is 2.93 bits per heavy atom. The number of benzene rings is 1. The molecule has 0 atom stereocenters. The summed E-state index contributed by atoms with van der Waals surface area (Å²) in [7, 11) is 1.57. The molecule has 0 bridgehead atoms. The summed E-state index contributed by atoms with van der Waals surface area (Å²) in [6.45, 7) is 0.606. The van der Waals surface area contributed by atoms with Gasteiger partial charge in [-0.1, -0.05) is 6.07 Å². The van der Waals surface area contributed by atoms with Crippen molar-refractivity contribution in [1.82, 2.24) is 5.43 Å². The van der Waals surface area contributed by atoms with Gasteiger partial charge in [-0.15, -0.1) is 0 Å². The van der Waals surface area contributed by atoms with Gasteiger partial charge in [-0.3, -0.25) is 0 Å². The molecule has 1 aliphatic rings. The average molecular weight is 231 g/mol. The van der Waals surface area contributed by atoms with E-state index in [4.69, 9.17) is 10.7 Å². The van der Waals surface area contributed by atoms with Crippen molar-refractivity contribution in [2.24, 2.45) is 5.10 Å². The molecule has 14 heavy (non-hydrogen) atoms. The van der Waals surface area contributed by atoms with Gasteiger partial charge in [-0.25, -0.2) is 8.42 Å². The normalized spacial score (nSPS) is 14.6. The van der Waals surface area contributed by atoms with Gasteiger partial charge in [-0.05, 0) is 17.7 Å². The van der Waals surface area contributed by atoms with Crippen LogP contribution >= 0.6 is 10.7 Å². The van der Waals surface area contributed by atoms with E-state index in [1.807, 2.05) is 0 Å². The molecular weight excluding hydrogens is 224 g/mol. The third-order valence-electron chi connectivity index (χ3n) is 1.96. The Bertz CT molecular complexity index is 496. The second kappa shape index (κ2) is 3.25. The Hall–Kier alpha value is -1.07. The molecule has 0 saturated heterocycles. The van der Waals surface area contributed by atoms with Crippen molar-refractivity contribution < 1.29 is 8.42 Å². The van der Waals surface area contributed by atoms with E-state index in [0.717, 1.165) is 11.1 Å². The van der Waals surface area contributed by atoms with Crippen LogP contribution in [0.3, 0.4) is 0 Å². The maximum Gasteiger partial charge on any atom is 0.261 e. The lowest BCUT2D eigenvalue weighted by Crippen LogP contribution is -2.13. The molecule has 4 nitrogen and oxygen atoms in total. The van der Waals surface area contributed by atoms with E-state index in [0.29, 0.717) is 6.54 Å². The smallest absolute Gasteiger partial charge is 0.261 e. The SMILES string of the molecule is O=S(=O)(Cl)c1ccc2c(c1)C=NNC2. The molecule has 0 aromatic heterocycles. The van der Waals surface area contributed by atoms with Gasteiger partial charge in [0.2, 0.25) is 0 Å². The molecule has 1 aromatic carbocycles. The van der Waals surface area contributed by atoms with Crippen molar-refractivity contribution in [2.75, 3.05) is 0 Å². The minimum absolute atomic E-state index is 0.103. The Morgan fingerprint density at radius 2 is 2.21 bits per heavy atom. The third-order valence-corrected chi connectivity index (χ3v) is 3.31. The average Bonchev–Trinajstić information content (AvgIpc) is 2.16. The molecule has 1 N–H and O–H groups in total. The Morgan fingerprint density at radius 1 is 1.43 bits per heavy atom. The highest BCUT2D eigenvalue weighted by Gasteiger charge is 2.13. The maximum atomic E-state index is 11.0. The van der Waals surface area contributed by atoms with Crippen LogP contribution < -0.4 is 5.43 Å². The predicted octanol–water partition coefficient (Wildman–Crippen LogP) is 1.05.